The second-order valence-electron chi connectivity index (χ2n) is 4.89. The summed E-state index contributed by atoms with van der Waals surface area (Å²) < 4.78 is 0. The highest BCUT2D eigenvalue weighted by molar-refractivity contribution is 7.99. The molecule has 0 aliphatic heterocycles. The lowest BCUT2D eigenvalue weighted by Gasteiger charge is -2.06. The topological polar surface area (TPSA) is 68.0 Å². The Balaban J connectivity index is 1.80. The maximum atomic E-state index is 11.8. The van der Waals surface area contributed by atoms with Crippen LogP contribution in [-0.2, 0) is 4.79 Å². The predicted molar refractivity (Wildman–Crippen MR) is 88.5 cm³/mol. The van der Waals surface area contributed by atoms with Gasteiger partial charge in [0, 0.05) is 29.2 Å². The predicted octanol–water partition coefficient (Wildman–Crippen LogP) is 3.40. The Labute approximate surface area is 129 Å². The molecule has 1 amide bonds. The Hall–Kier alpha value is -2.01. The average Bonchev–Trinajstić information content (AvgIpc) is 2.40. The Kier molecular flexibility index (Phi) is 5.22. The van der Waals surface area contributed by atoms with E-state index in [-0.39, 0.29) is 5.91 Å². The van der Waals surface area contributed by atoms with Crippen LogP contribution >= 0.6 is 11.8 Å². The van der Waals surface area contributed by atoms with Crippen LogP contribution in [0.2, 0.25) is 0 Å². The van der Waals surface area contributed by atoms with Crippen LogP contribution in [0.3, 0.4) is 0 Å². The number of hydrogen-bond acceptors (Lipinski definition) is 4. The van der Waals surface area contributed by atoms with E-state index in [1.165, 1.54) is 5.56 Å². The van der Waals surface area contributed by atoms with Gasteiger partial charge in [0.05, 0.1) is 5.03 Å². The molecular weight excluding hydrogens is 282 g/mol. The van der Waals surface area contributed by atoms with Gasteiger partial charge >= 0.3 is 0 Å². The number of hydrogen-bond donors (Lipinski definition) is 2. The Bertz CT molecular complexity index is 606. The van der Waals surface area contributed by atoms with E-state index in [2.05, 4.69) is 10.3 Å². The number of carbonyl (C=O) groups is 1. The summed E-state index contributed by atoms with van der Waals surface area (Å²) in [5, 5.41) is 3.82. The molecule has 2 rings (SSSR count). The number of amides is 1. The SMILES string of the molecule is Cc1cc(C)nc(SCCC(=O)Nc2ccc(N)cc2)c1. The van der Waals surface area contributed by atoms with Crippen molar-refractivity contribution in [3.05, 3.63) is 47.7 Å². The molecule has 0 fully saturated rings. The zero-order chi connectivity index (χ0) is 15.2. The number of benzene rings is 1. The van der Waals surface area contributed by atoms with Gasteiger partial charge in [-0.15, -0.1) is 11.8 Å². The molecule has 0 saturated heterocycles. The van der Waals surface area contributed by atoms with Gasteiger partial charge < -0.3 is 11.1 Å². The molecule has 0 radical (unpaired) electrons. The second-order valence-corrected chi connectivity index (χ2v) is 6.01. The molecule has 0 aliphatic carbocycles. The van der Waals surface area contributed by atoms with E-state index < -0.39 is 0 Å². The number of pyridine rings is 1. The highest BCUT2D eigenvalue weighted by atomic mass is 32.2. The zero-order valence-electron chi connectivity index (χ0n) is 12.2. The van der Waals surface area contributed by atoms with Crippen LogP contribution < -0.4 is 11.1 Å². The van der Waals surface area contributed by atoms with Crippen molar-refractivity contribution in [2.45, 2.75) is 25.3 Å². The van der Waals surface area contributed by atoms with Crippen LogP contribution in [0, 0.1) is 13.8 Å². The average molecular weight is 301 g/mol. The third-order valence-corrected chi connectivity index (χ3v) is 3.76. The van der Waals surface area contributed by atoms with Crippen molar-refractivity contribution in [3.63, 3.8) is 0 Å². The summed E-state index contributed by atoms with van der Waals surface area (Å²) in [5.74, 6) is 0.702. The number of nitrogens with one attached hydrogen (secondary N) is 1. The molecule has 2 aromatic rings. The third kappa shape index (κ3) is 5.11. The van der Waals surface area contributed by atoms with Crippen molar-refractivity contribution < 1.29 is 4.79 Å². The normalized spacial score (nSPS) is 10.4. The molecule has 5 heteroatoms. The number of rotatable bonds is 5. The Morgan fingerprint density at radius 3 is 2.62 bits per heavy atom. The minimum atomic E-state index is -0.00311. The van der Waals surface area contributed by atoms with E-state index in [0.717, 1.165) is 16.4 Å². The molecule has 1 aromatic carbocycles. The molecule has 110 valence electrons. The minimum absolute atomic E-state index is 0.00311. The smallest absolute Gasteiger partial charge is 0.225 e. The minimum Gasteiger partial charge on any atom is -0.399 e. The fraction of sp³-hybridized carbons (Fsp3) is 0.250. The summed E-state index contributed by atoms with van der Waals surface area (Å²) >= 11 is 1.60. The molecule has 0 aliphatic rings. The van der Waals surface area contributed by atoms with Crippen molar-refractivity contribution in [2.24, 2.45) is 0 Å². The van der Waals surface area contributed by atoms with Crippen LogP contribution in [0.15, 0.2) is 41.4 Å². The van der Waals surface area contributed by atoms with Crippen molar-refractivity contribution in [2.75, 3.05) is 16.8 Å². The van der Waals surface area contributed by atoms with Gasteiger partial charge in [0.25, 0.3) is 0 Å². The van der Waals surface area contributed by atoms with Gasteiger partial charge in [-0.3, -0.25) is 4.79 Å². The van der Waals surface area contributed by atoms with E-state index in [9.17, 15) is 4.79 Å². The molecule has 4 nitrogen and oxygen atoms in total. The first kappa shape index (κ1) is 15.4. The van der Waals surface area contributed by atoms with E-state index >= 15 is 0 Å². The second kappa shape index (κ2) is 7.13. The summed E-state index contributed by atoms with van der Waals surface area (Å²) in [6.45, 7) is 4.03. The maximum absolute atomic E-state index is 11.8. The molecule has 0 atom stereocenters. The van der Waals surface area contributed by atoms with Crippen LogP contribution in [0.4, 0.5) is 11.4 Å². The first-order valence-corrected chi connectivity index (χ1v) is 7.75. The fourth-order valence-corrected chi connectivity index (χ4v) is 2.89. The molecule has 0 spiro atoms. The largest absolute Gasteiger partial charge is 0.399 e. The van der Waals surface area contributed by atoms with Crippen molar-refractivity contribution in [1.29, 1.82) is 0 Å². The number of nitrogens with zero attached hydrogens (tertiary/aromatic N) is 1. The number of aryl methyl sites for hydroxylation is 2. The lowest BCUT2D eigenvalue weighted by Crippen LogP contribution is -2.12. The number of aromatic nitrogens is 1. The highest BCUT2D eigenvalue weighted by Crippen LogP contribution is 2.19. The lowest BCUT2D eigenvalue weighted by atomic mass is 10.3. The Morgan fingerprint density at radius 1 is 1.24 bits per heavy atom. The molecular formula is C16H19N3OS. The first-order valence-electron chi connectivity index (χ1n) is 6.76. The van der Waals surface area contributed by atoms with Gasteiger partial charge in [-0.25, -0.2) is 4.98 Å². The molecule has 1 aromatic heterocycles. The van der Waals surface area contributed by atoms with Crippen LogP contribution in [0.1, 0.15) is 17.7 Å². The van der Waals surface area contributed by atoms with E-state index in [1.54, 1.807) is 36.0 Å². The van der Waals surface area contributed by atoms with E-state index in [1.807, 2.05) is 26.0 Å². The number of nitrogen functional groups attached to an aromatic ring is 1. The van der Waals surface area contributed by atoms with Crippen LogP contribution in [0.5, 0.6) is 0 Å². The van der Waals surface area contributed by atoms with Gasteiger partial charge in [-0.2, -0.15) is 0 Å². The monoisotopic (exact) mass is 301 g/mol. The molecule has 21 heavy (non-hydrogen) atoms. The van der Waals surface area contributed by atoms with Gasteiger partial charge in [0.15, 0.2) is 0 Å². The van der Waals surface area contributed by atoms with Gasteiger partial charge in [0.1, 0.15) is 0 Å². The standard InChI is InChI=1S/C16H19N3OS/c1-11-9-12(2)18-16(10-11)21-8-7-15(20)19-14-5-3-13(17)4-6-14/h3-6,9-10H,7-8,17H2,1-2H3,(H,19,20). The van der Waals surface area contributed by atoms with Crippen LogP contribution in [-0.4, -0.2) is 16.6 Å². The summed E-state index contributed by atoms with van der Waals surface area (Å²) in [5.41, 5.74) is 9.25. The zero-order valence-corrected chi connectivity index (χ0v) is 13.0. The van der Waals surface area contributed by atoms with Crippen LogP contribution in [0.25, 0.3) is 0 Å². The van der Waals surface area contributed by atoms with Gasteiger partial charge in [0.2, 0.25) is 5.91 Å². The van der Waals surface area contributed by atoms with Crippen molar-refractivity contribution in [3.8, 4) is 0 Å². The maximum Gasteiger partial charge on any atom is 0.225 e. The summed E-state index contributed by atoms with van der Waals surface area (Å²) in [6, 6.07) is 11.2. The molecule has 0 bridgehead atoms. The number of anilines is 2. The van der Waals surface area contributed by atoms with Crippen molar-refractivity contribution in [1.82, 2.24) is 4.98 Å². The summed E-state index contributed by atoms with van der Waals surface area (Å²) in [7, 11) is 0. The molecule has 1 heterocycles. The number of carbonyl (C=O) groups excluding carboxylic acids is 1. The van der Waals surface area contributed by atoms with Gasteiger partial charge in [-0.1, -0.05) is 0 Å². The fourth-order valence-electron chi connectivity index (χ4n) is 1.92. The number of nitrogens with two attached hydrogens (primary N) is 1. The highest BCUT2D eigenvalue weighted by Gasteiger charge is 2.04. The number of thioether (sulfide) groups is 1. The van der Waals surface area contributed by atoms with E-state index in [4.69, 9.17) is 5.73 Å². The van der Waals surface area contributed by atoms with Crippen molar-refractivity contribution >= 4 is 29.0 Å². The summed E-state index contributed by atoms with van der Waals surface area (Å²) in [4.78, 5) is 16.3. The molecule has 3 N–H and O–H groups in total. The Morgan fingerprint density at radius 2 is 1.95 bits per heavy atom. The molecule has 0 unspecified atom stereocenters. The van der Waals surface area contributed by atoms with E-state index in [0.29, 0.717) is 17.9 Å². The molecule has 0 saturated carbocycles. The lowest BCUT2D eigenvalue weighted by molar-refractivity contribution is -0.115. The van der Waals surface area contributed by atoms with Gasteiger partial charge in [-0.05, 0) is 55.8 Å². The first-order chi connectivity index (χ1) is 10.0. The quantitative estimate of drug-likeness (QED) is 0.656. The third-order valence-electron chi connectivity index (χ3n) is 2.85. The summed E-state index contributed by atoms with van der Waals surface area (Å²) in [6.07, 6.45) is 0.448.